The lowest BCUT2D eigenvalue weighted by Crippen LogP contribution is -2.37. The minimum absolute atomic E-state index is 0.123. The summed E-state index contributed by atoms with van der Waals surface area (Å²) in [4.78, 5) is 2.34. The van der Waals surface area contributed by atoms with Crippen molar-refractivity contribution in [1.29, 1.82) is 0 Å². The molecule has 0 spiro atoms. The first-order chi connectivity index (χ1) is 12.4. The number of morpholine rings is 1. The molecule has 0 aromatic heterocycles. The zero-order chi connectivity index (χ0) is 18.7. The second-order valence-corrected chi connectivity index (χ2v) is 8.92. The highest BCUT2D eigenvalue weighted by Gasteiger charge is 2.23. The molecule has 0 unspecified atom stereocenters. The predicted molar refractivity (Wildman–Crippen MR) is 105 cm³/mol. The van der Waals surface area contributed by atoms with Gasteiger partial charge in [0.05, 0.1) is 28.2 Å². The van der Waals surface area contributed by atoms with Crippen LogP contribution in [0.2, 0.25) is 10.0 Å². The molecule has 26 heavy (non-hydrogen) atoms. The highest BCUT2D eigenvalue weighted by atomic mass is 35.5. The number of ether oxygens (including phenoxy) is 1. The van der Waals surface area contributed by atoms with Gasteiger partial charge < -0.3 is 9.64 Å². The van der Waals surface area contributed by atoms with E-state index >= 15 is 0 Å². The highest BCUT2D eigenvalue weighted by Crippen LogP contribution is 2.28. The number of sulfonamides is 1. The molecule has 0 aliphatic carbocycles. The van der Waals surface area contributed by atoms with E-state index in [0.717, 1.165) is 24.3 Å². The first kappa shape index (κ1) is 19.5. The number of hydrogen-bond acceptors (Lipinski definition) is 4. The van der Waals surface area contributed by atoms with E-state index in [-0.39, 0.29) is 16.5 Å². The van der Waals surface area contributed by atoms with Gasteiger partial charge in [0.2, 0.25) is 10.0 Å². The fourth-order valence-corrected chi connectivity index (χ4v) is 4.44. The van der Waals surface area contributed by atoms with Crippen LogP contribution in [0.25, 0.3) is 0 Å². The first-order valence-corrected chi connectivity index (χ1v) is 10.4. The van der Waals surface area contributed by atoms with Crippen molar-refractivity contribution in [2.24, 2.45) is 0 Å². The third-order valence-electron chi connectivity index (χ3n) is 4.34. The minimum Gasteiger partial charge on any atom is -0.378 e. The Labute approximate surface area is 164 Å². The second kappa shape index (κ2) is 8.15. The Bertz CT molecular complexity index is 884. The number of rotatable bonds is 5. The summed E-state index contributed by atoms with van der Waals surface area (Å²) in [5, 5.41) is 0.542. The van der Waals surface area contributed by atoms with Gasteiger partial charge in [-0.2, -0.15) is 4.31 Å². The van der Waals surface area contributed by atoms with Crippen LogP contribution in [0.1, 0.15) is 5.56 Å². The number of para-hydroxylation sites is 1. The molecule has 5 nitrogen and oxygen atoms in total. The van der Waals surface area contributed by atoms with E-state index in [1.165, 1.54) is 22.5 Å². The van der Waals surface area contributed by atoms with E-state index in [4.69, 9.17) is 27.9 Å². The third-order valence-corrected chi connectivity index (χ3v) is 6.87. The Kier molecular flexibility index (Phi) is 6.10. The average molecular weight is 415 g/mol. The number of benzene rings is 2. The summed E-state index contributed by atoms with van der Waals surface area (Å²) in [7, 11) is -2.11. The largest absolute Gasteiger partial charge is 0.378 e. The Hall–Kier alpha value is -1.31. The van der Waals surface area contributed by atoms with Crippen LogP contribution in [0.4, 0.5) is 5.69 Å². The monoisotopic (exact) mass is 414 g/mol. The van der Waals surface area contributed by atoms with Crippen LogP contribution < -0.4 is 4.90 Å². The van der Waals surface area contributed by atoms with E-state index in [1.54, 1.807) is 7.05 Å². The number of hydrogen-bond donors (Lipinski definition) is 0. The van der Waals surface area contributed by atoms with Gasteiger partial charge in [-0.15, -0.1) is 0 Å². The smallest absolute Gasteiger partial charge is 0.243 e. The van der Waals surface area contributed by atoms with E-state index in [2.05, 4.69) is 4.90 Å². The predicted octanol–water partition coefficient (Wildman–Crippen LogP) is 3.65. The molecule has 0 atom stereocenters. The molecule has 1 aliphatic rings. The van der Waals surface area contributed by atoms with Crippen molar-refractivity contribution >= 4 is 38.9 Å². The minimum atomic E-state index is -3.68. The normalized spacial score (nSPS) is 15.5. The molecule has 2 aromatic rings. The fraction of sp³-hybridized carbons (Fsp3) is 0.333. The Morgan fingerprint density at radius 1 is 1.08 bits per heavy atom. The average Bonchev–Trinajstić information content (AvgIpc) is 2.65. The van der Waals surface area contributed by atoms with Gasteiger partial charge in [0, 0.05) is 32.4 Å². The van der Waals surface area contributed by atoms with Crippen LogP contribution >= 0.6 is 23.2 Å². The second-order valence-electron chi connectivity index (χ2n) is 6.07. The number of halogens is 2. The molecule has 140 valence electrons. The summed E-state index contributed by atoms with van der Waals surface area (Å²) < 4.78 is 32.5. The van der Waals surface area contributed by atoms with Crippen molar-refractivity contribution in [3.05, 3.63) is 58.1 Å². The van der Waals surface area contributed by atoms with Gasteiger partial charge in [0.1, 0.15) is 0 Å². The molecule has 1 aliphatic heterocycles. The summed E-state index contributed by atoms with van der Waals surface area (Å²) >= 11 is 11.9. The molecule has 0 saturated carbocycles. The molecule has 1 heterocycles. The third kappa shape index (κ3) is 4.15. The van der Waals surface area contributed by atoms with Crippen molar-refractivity contribution in [1.82, 2.24) is 4.31 Å². The topological polar surface area (TPSA) is 49.9 Å². The van der Waals surface area contributed by atoms with E-state index in [1.807, 2.05) is 24.3 Å². The van der Waals surface area contributed by atoms with E-state index < -0.39 is 10.0 Å². The van der Waals surface area contributed by atoms with Gasteiger partial charge in [-0.1, -0.05) is 41.4 Å². The molecule has 0 bridgehead atoms. The summed E-state index contributed by atoms with van der Waals surface area (Å²) in [6.45, 7) is 3.19. The molecular weight excluding hydrogens is 395 g/mol. The molecule has 1 saturated heterocycles. The van der Waals surface area contributed by atoms with Crippen LogP contribution in [0.15, 0.2) is 47.4 Å². The molecule has 0 N–H and O–H groups in total. The van der Waals surface area contributed by atoms with Crippen LogP contribution in [0.5, 0.6) is 0 Å². The molecule has 2 aromatic carbocycles. The van der Waals surface area contributed by atoms with Crippen LogP contribution in [0, 0.1) is 0 Å². The van der Waals surface area contributed by atoms with Crippen molar-refractivity contribution in [2.75, 3.05) is 38.3 Å². The quantitative estimate of drug-likeness (QED) is 0.748. The van der Waals surface area contributed by atoms with Crippen LogP contribution in [-0.4, -0.2) is 46.1 Å². The molecular formula is C18H20Cl2N2O3S. The van der Waals surface area contributed by atoms with Crippen molar-refractivity contribution in [2.45, 2.75) is 11.4 Å². The SMILES string of the molecule is CN(Cc1ccccc1N1CCOCC1)S(=O)(=O)c1ccc(Cl)c(Cl)c1. The van der Waals surface area contributed by atoms with Crippen molar-refractivity contribution in [3.63, 3.8) is 0 Å². The first-order valence-electron chi connectivity index (χ1n) is 8.21. The highest BCUT2D eigenvalue weighted by molar-refractivity contribution is 7.89. The van der Waals surface area contributed by atoms with Gasteiger partial charge in [0.15, 0.2) is 0 Å². The molecule has 3 rings (SSSR count). The maximum atomic E-state index is 12.9. The summed E-state index contributed by atoms with van der Waals surface area (Å²) in [6.07, 6.45) is 0. The summed E-state index contributed by atoms with van der Waals surface area (Å²) in [6, 6.07) is 12.2. The summed E-state index contributed by atoms with van der Waals surface area (Å²) in [5.74, 6) is 0. The van der Waals surface area contributed by atoms with Crippen LogP contribution in [-0.2, 0) is 21.3 Å². The molecule has 0 radical (unpaired) electrons. The molecule has 0 amide bonds. The fourth-order valence-electron chi connectivity index (χ4n) is 2.90. The Morgan fingerprint density at radius 2 is 1.77 bits per heavy atom. The number of nitrogens with zero attached hydrogens (tertiary/aromatic N) is 2. The van der Waals surface area contributed by atoms with E-state index in [9.17, 15) is 8.42 Å². The molecule has 1 fully saturated rings. The zero-order valence-electron chi connectivity index (χ0n) is 14.4. The van der Waals surface area contributed by atoms with Gasteiger partial charge in [-0.25, -0.2) is 8.42 Å². The lowest BCUT2D eigenvalue weighted by atomic mass is 10.1. The maximum absolute atomic E-state index is 12.9. The number of anilines is 1. The van der Waals surface area contributed by atoms with Crippen molar-refractivity contribution in [3.8, 4) is 0 Å². The lowest BCUT2D eigenvalue weighted by Gasteiger charge is -2.31. The van der Waals surface area contributed by atoms with Gasteiger partial charge >= 0.3 is 0 Å². The van der Waals surface area contributed by atoms with Gasteiger partial charge in [-0.3, -0.25) is 0 Å². The van der Waals surface area contributed by atoms with Crippen molar-refractivity contribution < 1.29 is 13.2 Å². The van der Waals surface area contributed by atoms with E-state index in [0.29, 0.717) is 18.2 Å². The van der Waals surface area contributed by atoms with Gasteiger partial charge in [-0.05, 0) is 29.8 Å². The van der Waals surface area contributed by atoms with Gasteiger partial charge in [0.25, 0.3) is 0 Å². The zero-order valence-corrected chi connectivity index (χ0v) is 16.7. The molecule has 8 heteroatoms. The lowest BCUT2D eigenvalue weighted by molar-refractivity contribution is 0.122. The maximum Gasteiger partial charge on any atom is 0.243 e. The van der Waals surface area contributed by atoms with Crippen LogP contribution in [0.3, 0.4) is 0 Å². The standard InChI is InChI=1S/C18H20Cl2N2O3S/c1-21(26(23,24)15-6-7-16(19)17(20)12-15)13-14-4-2-3-5-18(14)22-8-10-25-11-9-22/h2-7,12H,8-11,13H2,1H3. The Balaban J connectivity index is 1.85. The Morgan fingerprint density at radius 3 is 2.46 bits per heavy atom. The summed E-state index contributed by atoms with van der Waals surface area (Å²) in [5.41, 5.74) is 1.98.